The molecule has 0 N–H and O–H groups in total. The Morgan fingerprint density at radius 2 is 1.90 bits per heavy atom. The first kappa shape index (κ1) is 7.69. The molecule has 0 heterocycles. The Kier molecular flexibility index (Phi) is 2.40. The minimum atomic E-state index is 0. The minimum absolute atomic E-state index is 0. The van der Waals surface area contributed by atoms with Crippen molar-refractivity contribution in [1.82, 2.24) is 0 Å². The molecule has 0 saturated carbocycles. The van der Waals surface area contributed by atoms with Gasteiger partial charge in [-0.15, -0.1) is 0 Å². The molecule has 0 saturated heterocycles. The van der Waals surface area contributed by atoms with Gasteiger partial charge < -0.3 is 0 Å². The van der Waals surface area contributed by atoms with E-state index in [4.69, 9.17) is 0 Å². The Bertz CT molecular complexity index is 251. The number of hydrogen-bond donors (Lipinski definition) is 0. The van der Waals surface area contributed by atoms with Gasteiger partial charge >= 0.3 is 0 Å². The van der Waals surface area contributed by atoms with Crippen molar-refractivity contribution in [2.24, 2.45) is 0 Å². The first-order valence-corrected chi connectivity index (χ1v) is 3.21. The van der Waals surface area contributed by atoms with Crippen LogP contribution in [0.4, 0.5) is 0 Å². The molecular formula is C9H8Rh. The summed E-state index contributed by atoms with van der Waals surface area (Å²) in [7, 11) is 0. The smallest absolute Gasteiger partial charge is 0 e. The third kappa shape index (κ3) is 1.20. The van der Waals surface area contributed by atoms with E-state index in [0.717, 1.165) is 6.42 Å². The molecule has 1 heteroatoms. The van der Waals surface area contributed by atoms with Crippen molar-refractivity contribution in [3.8, 4) is 0 Å². The molecule has 0 spiro atoms. The summed E-state index contributed by atoms with van der Waals surface area (Å²) < 4.78 is 0. The van der Waals surface area contributed by atoms with Crippen LogP contribution in [0.3, 0.4) is 0 Å². The maximum atomic E-state index is 2.20. The van der Waals surface area contributed by atoms with Gasteiger partial charge in [-0.05, 0) is 17.5 Å². The number of rotatable bonds is 0. The van der Waals surface area contributed by atoms with E-state index < -0.39 is 0 Å². The summed E-state index contributed by atoms with van der Waals surface area (Å²) in [6, 6.07) is 8.49. The summed E-state index contributed by atoms with van der Waals surface area (Å²) in [6.07, 6.45) is 5.50. The van der Waals surface area contributed by atoms with Crippen molar-refractivity contribution >= 4 is 6.08 Å². The average molecular weight is 219 g/mol. The molecule has 0 aromatic heterocycles. The second-order valence-corrected chi connectivity index (χ2v) is 2.31. The Morgan fingerprint density at radius 3 is 2.70 bits per heavy atom. The Labute approximate surface area is 73.7 Å². The van der Waals surface area contributed by atoms with Gasteiger partial charge in [-0.2, -0.15) is 0 Å². The Hall–Kier alpha value is -0.417. The van der Waals surface area contributed by atoms with Crippen LogP contribution in [0.15, 0.2) is 30.3 Å². The number of fused-ring (bicyclic) bond motifs is 1. The summed E-state index contributed by atoms with van der Waals surface area (Å²) in [4.78, 5) is 0. The topological polar surface area (TPSA) is 0 Å². The van der Waals surface area contributed by atoms with Crippen LogP contribution in [0, 0.1) is 0 Å². The number of benzene rings is 1. The van der Waals surface area contributed by atoms with Crippen molar-refractivity contribution in [3.63, 3.8) is 0 Å². The van der Waals surface area contributed by atoms with Gasteiger partial charge in [0.05, 0.1) is 0 Å². The van der Waals surface area contributed by atoms with Gasteiger partial charge in [0.25, 0.3) is 0 Å². The van der Waals surface area contributed by atoms with Crippen molar-refractivity contribution in [3.05, 3.63) is 41.5 Å². The van der Waals surface area contributed by atoms with Gasteiger partial charge in [0.2, 0.25) is 0 Å². The Morgan fingerprint density at radius 1 is 1.10 bits per heavy atom. The monoisotopic (exact) mass is 219 g/mol. The molecule has 0 bridgehead atoms. The summed E-state index contributed by atoms with van der Waals surface area (Å²) in [5.41, 5.74) is 2.84. The maximum Gasteiger partial charge on any atom is 0 e. The van der Waals surface area contributed by atoms with Crippen molar-refractivity contribution < 1.29 is 19.5 Å². The van der Waals surface area contributed by atoms with Gasteiger partial charge in [-0.25, -0.2) is 0 Å². The van der Waals surface area contributed by atoms with Crippen LogP contribution in [-0.4, -0.2) is 0 Å². The standard InChI is InChI=1S/C9H8.Rh/c1-2-5-9-7-3-6-8(9)4-1;/h1-6H,7H2;. The molecule has 10 heavy (non-hydrogen) atoms. The summed E-state index contributed by atoms with van der Waals surface area (Å²) in [5, 5.41) is 0. The van der Waals surface area contributed by atoms with Gasteiger partial charge in [0, 0.05) is 19.5 Å². The molecule has 1 radical (unpaired) electrons. The van der Waals surface area contributed by atoms with E-state index >= 15 is 0 Å². The molecule has 0 fully saturated rings. The molecule has 1 aromatic rings. The van der Waals surface area contributed by atoms with Crippen LogP contribution in [-0.2, 0) is 25.9 Å². The molecule has 2 rings (SSSR count). The second kappa shape index (κ2) is 3.12. The quantitative estimate of drug-likeness (QED) is 0.587. The predicted octanol–water partition coefficient (Wildman–Crippen LogP) is 2.25. The number of hydrogen-bond acceptors (Lipinski definition) is 0. The summed E-state index contributed by atoms with van der Waals surface area (Å²) >= 11 is 0. The Balaban J connectivity index is 0.000000500. The zero-order chi connectivity index (χ0) is 6.10. The van der Waals surface area contributed by atoms with Crippen LogP contribution in [0.25, 0.3) is 6.08 Å². The molecular weight excluding hydrogens is 211 g/mol. The molecule has 0 amide bonds. The normalized spacial score (nSPS) is 12.4. The van der Waals surface area contributed by atoms with E-state index in [-0.39, 0.29) is 19.5 Å². The van der Waals surface area contributed by atoms with Crippen LogP contribution in [0.1, 0.15) is 11.1 Å². The molecule has 1 aliphatic carbocycles. The molecule has 53 valence electrons. The summed E-state index contributed by atoms with van der Waals surface area (Å²) in [5.74, 6) is 0. The molecule has 1 aliphatic rings. The molecule has 0 unspecified atom stereocenters. The van der Waals surface area contributed by atoms with Crippen molar-refractivity contribution in [1.29, 1.82) is 0 Å². The third-order valence-electron chi connectivity index (χ3n) is 1.69. The van der Waals surface area contributed by atoms with Crippen LogP contribution in [0.2, 0.25) is 0 Å². The first-order valence-electron chi connectivity index (χ1n) is 3.21. The van der Waals surface area contributed by atoms with E-state index in [1.54, 1.807) is 0 Å². The minimum Gasteiger partial charge on any atom is -0.0795 e. The average Bonchev–Trinajstić information content (AvgIpc) is 2.33. The number of allylic oxidation sites excluding steroid dienone is 1. The van der Waals surface area contributed by atoms with E-state index in [9.17, 15) is 0 Å². The van der Waals surface area contributed by atoms with E-state index in [0.29, 0.717) is 0 Å². The fourth-order valence-electron chi connectivity index (χ4n) is 1.20. The summed E-state index contributed by atoms with van der Waals surface area (Å²) in [6.45, 7) is 0. The molecule has 0 nitrogen and oxygen atoms in total. The van der Waals surface area contributed by atoms with Crippen LogP contribution in [0.5, 0.6) is 0 Å². The van der Waals surface area contributed by atoms with E-state index in [1.807, 2.05) is 0 Å². The molecule has 0 aliphatic heterocycles. The fourth-order valence-corrected chi connectivity index (χ4v) is 1.20. The van der Waals surface area contributed by atoms with Gasteiger partial charge in [-0.3, -0.25) is 0 Å². The van der Waals surface area contributed by atoms with Gasteiger partial charge in [0.1, 0.15) is 0 Å². The van der Waals surface area contributed by atoms with Crippen molar-refractivity contribution in [2.75, 3.05) is 0 Å². The van der Waals surface area contributed by atoms with Crippen LogP contribution >= 0.6 is 0 Å². The van der Waals surface area contributed by atoms with Gasteiger partial charge in [0.15, 0.2) is 0 Å². The maximum absolute atomic E-state index is 2.20. The third-order valence-corrected chi connectivity index (χ3v) is 1.69. The first-order chi connectivity index (χ1) is 4.47. The fraction of sp³-hybridized carbons (Fsp3) is 0.111. The predicted molar refractivity (Wildman–Crippen MR) is 39.2 cm³/mol. The molecule has 0 atom stereocenters. The van der Waals surface area contributed by atoms with Gasteiger partial charge in [-0.1, -0.05) is 36.4 Å². The van der Waals surface area contributed by atoms with Crippen molar-refractivity contribution in [2.45, 2.75) is 6.42 Å². The van der Waals surface area contributed by atoms with Crippen LogP contribution < -0.4 is 0 Å². The zero-order valence-corrected chi connectivity index (χ0v) is 7.14. The molecule has 1 aromatic carbocycles. The zero-order valence-electron chi connectivity index (χ0n) is 5.50. The SMILES string of the molecule is C1=Cc2ccccc2C1.[Rh]. The van der Waals surface area contributed by atoms with E-state index in [1.165, 1.54) is 11.1 Å². The second-order valence-electron chi connectivity index (χ2n) is 2.31. The largest absolute Gasteiger partial charge is 0.0795 e. The van der Waals surface area contributed by atoms with E-state index in [2.05, 4.69) is 36.4 Å².